The van der Waals surface area contributed by atoms with E-state index >= 15 is 0 Å². The molecule has 0 aromatic heterocycles. The Labute approximate surface area is 494 Å². The number of aliphatic hydroxyl groups excluding tert-OH is 3. The van der Waals surface area contributed by atoms with Crippen molar-refractivity contribution in [3.05, 3.63) is 197 Å². The van der Waals surface area contributed by atoms with E-state index in [1.165, 1.54) is 0 Å². The van der Waals surface area contributed by atoms with Crippen molar-refractivity contribution in [2.75, 3.05) is 127 Å². The zero-order chi connectivity index (χ0) is 56.3. The van der Waals surface area contributed by atoms with E-state index in [4.69, 9.17) is 0 Å². The first kappa shape index (κ1) is 67.3. The second-order valence-corrected chi connectivity index (χ2v) is 29.8. The summed E-state index contributed by atoms with van der Waals surface area (Å²) in [6, 6.07) is 47.6. The van der Waals surface area contributed by atoms with Crippen molar-refractivity contribution in [2.45, 2.75) is 0 Å². The molecule has 9 rings (SSSR count). The molecule has 0 aliphatic heterocycles. The number of hydrogen-bond donors (Lipinski definition) is 3. The van der Waals surface area contributed by atoms with Crippen molar-refractivity contribution in [2.24, 2.45) is 0 Å². The second kappa shape index (κ2) is 29.5. The molecule has 19 heteroatoms. The molecule has 3 aliphatic carbocycles. The van der Waals surface area contributed by atoms with Crippen LogP contribution in [0.2, 0.25) is 0 Å². The SMILES string of the molecule is CN(C)P(=O)(N(C)C)N(C)C.CN(C)P(=O)(N(C)C)N(C)C.CN(C)P(=O)(N(C)C)N(C)C.O[C]1c2ccccc2-c2ccccc21.O[C]1c2ccccc2-c2ccccc21.O[C]1c2ccccc2-c2ccccc21.[Yb]. The zero-order valence-electron chi connectivity index (χ0n) is 47.6. The molecule has 6 aromatic rings. The molecule has 0 spiro atoms. The minimum absolute atomic E-state index is 0. The predicted molar refractivity (Wildman–Crippen MR) is 312 cm³/mol. The minimum atomic E-state index is -2.44. The fourth-order valence-electron chi connectivity index (χ4n) is 9.20. The standard InChI is InChI=1S/3C13H9O.3C6H18N3OP.Yb/c3*14-13-11-7-3-1-5-9(11)10-6-2-4-8-12(10)13;3*1-7(2)11(10,8(3)4)9(5)6;/h3*1-8,14H;3*1-6H3;. The maximum absolute atomic E-state index is 12.1. The molecular weight excluding hydrogens is 1170 g/mol. The Morgan fingerprint density at radius 1 is 0.224 bits per heavy atom. The number of fused-ring (bicyclic) bond motifs is 9. The third kappa shape index (κ3) is 14.9. The molecule has 0 fully saturated rings. The van der Waals surface area contributed by atoms with Gasteiger partial charge in [-0.3, -0.25) is 13.7 Å². The first-order valence-corrected chi connectivity index (χ1v) is 29.0. The monoisotopic (exact) mass is 1250 g/mol. The van der Waals surface area contributed by atoms with Gasteiger partial charge in [-0.15, -0.1) is 0 Å². The molecule has 15 nitrogen and oxygen atoms in total. The number of hydrogen-bond acceptors (Lipinski definition) is 6. The molecule has 6 aromatic carbocycles. The molecule has 0 atom stereocenters. The van der Waals surface area contributed by atoms with Crippen LogP contribution in [0.1, 0.15) is 33.4 Å². The normalized spacial score (nSPS) is 13.5. The van der Waals surface area contributed by atoms with Crippen molar-refractivity contribution in [3.8, 4) is 33.4 Å². The fraction of sp³-hybridized carbons (Fsp3) is 0.316. The van der Waals surface area contributed by atoms with Crippen LogP contribution in [0.25, 0.3) is 33.4 Å². The maximum atomic E-state index is 12.1. The summed E-state index contributed by atoms with van der Waals surface area (Å²) in [6.45, 7) is 0. The first-order chi connectivity index (χ1) is 35.1. The minimum Gasteiger partial charge on any atom is -0.377 e. The molecule has 419 valence electrons. The number of nitrogens with zero attached hydrogens (tertiary/aromatic N) is 9. The van der Waals surface area contributed by atoms with Gasteiger partial charge in [-0.05, 0) is 194 Å². The van der Waals surface area contributed by atoms with Crippen LogP contribution >= 0.6 is 22.8 Å². The molecule has 0 bridgehead atoms. The van der Waals surface area contributed by atoms with E-state index in [9.17, 15) is 29.0 Å². The molecule has 76 heavy (non-hydrogen) atoms. The van der Waals surface area contributed by atoms with Crippen molar-refractivity contribution >= 4 is 22.8 Å². The van der Waals surface area contributed by atoms with Crippen LogP contribution in [0.5, 0.6) is 0 Å². The van der Waals surface area contributed by atoms with E-state index in [1.807, 2.05) is 272 Å². The molecule has 0 unspecified atom stereocenters. The molecule has 3 N–H and O–H groups in total. The Morgan fingerprint density at radius 3 is 0.395 bits per heavy atom. The van der Waals surface area contributed by atoms with Crippen molar-refractivity contribution in [1.82, 2.24) is 42.0 Å². The average Bonchev–Trinajstić information content (AvgIpc) is 3.97. The van der Waals surface area contributed by atoms with E-state index in [-0.39, 0.29) is 46.9 Å². The topological polar surface area (TPSA) is 141 Å². The van der Waals surface area contributed by atoms with Gasteiger partial charge in [-0.25, -0.2) is 42.0 Å². The van der Waals surface area contributed by atoms with Crippen LogP contribution in [-0.2, 0) is 13.7 Å². The second-order valence-electron chi connectivity index (χ2n) is 19.5. The van der Waals surface area contributed by atoms with Gasteiger partial charge in [0.25, 0.3) is 22.8 Å². The van der Waals surface area contributed by atoms with Gasteiger partial charge in [0.05, 0.1) is 0 Å². The molecule has 0 amide bonds. The van der Waals surface area contributed by atoms with E-state index in [0.717, 1.165) is 66.8 Å². The van der Waals surface area contributed by atoms with Gasteiger partial charge in [-0.2, -0.15) is 0 Å². The van der Waals surface area contributed by atoms with Gasteiger partial charge >= 0.3 is 0 Å². The van der Waals surface area contributed by atoms with Gasteiger partial charge in [0.2, 0.25) is 0 Å². The summed E-state index contributed by atoms with van der Waals surface area (Å²) in [5.41, 5.74) is 12.4. The average molecular weight is 1250 g/mol. The molecular formula is C57H81N9O6P3Yb. The van der Waals surface area contributed by atoms with Gasteiger partial charge in [-0.1, -0.05) is 146 Å². The van der Waals surface area contributed by atoms with Gasteiger partial charge in [0.1, 0.15) is 0 Å². The van der Waals surface area contributed by atoms with Crippen molar-refractivity contribution in [1.29, 1.82) is 0 Å². The molecule has 3 radical (unpaired) electrons. The van der Waals surface area contributed by atoms with Crippen LogP contribution in [0.4, 0.5) is 0 Å². The Hall–Kier alpha value is -2.95. The van der Waals surface area contributed by atoms with Crippen LogP contribution in [0, 0.1) is 65.2 Å². The third-order valence-corrected chi connectivity index (χ3v) is 22.0. The van der Waals surface area contributed by atoms with Crippen molar-refractivity contribution < 1.29 is 75.9 Å². The Bertz CT molecular complexity index is 2420. The molecule has 0 heterocycles. The quantitative estimate of drug-likeness (QED) is 0.118. The summed E-state index contributed by atoms with van der Waals surface area (Å²) in [5.74, 6) is 0. The van der Waals surface area contributed by atoms with E-state index in [0.29, 0.717) is 18.3 Å². The van der Waals surface area contributed by atoms with E-state index < -0.39 is 22.8 Å². The van der Waals surface area contributed by atoms with Crippen LogP contribution < -0.4 is 0 Å². The summed E-state index contributed by atoms with van der Waals surface area (Å²) in [4.78, 5) is 0. The fourth-order valence-corrected chi connectivity index (χ4v) is 15.6. The van der Waals surface area contributed by atoms with Crippen LogP contribution in [-0.4, -0.2) is 184 Å². The number of benzene rings is 6. The van der Waals surface area contributed by atoms with Gasteiger partial charge in [0.15, 0.2) is 18.3 Å². The summed E-state index contributed by atoms with van der Waals surface area (Å²) in [6.07, 6.45) is 1.20. The smallest absolute Gasteiger partial charge is 0.285 e. The summed E-state index contributed by atoms with van der Waals surface area (Å²) >= 11 is 0. The van der Waals surface area contributed by atoms with E-state index in [2.05, 4.69) is 0 Å². The predicted octanol–water partition coefficient (Wildman–Crippen LogP) is 11.2. The maximum Gasteiger partial charge on any atom is 0.285 e. The molecule has 3 aliphatic rings. The zero-order valence-corrected chi connectivity index (χ0v) is 52.0. The summed E-state index contributed by atoms with van der Waals surface area (Å²) in [5, 5.41) is 29.9. The Morgan fingerprint density at radius 2 is 0.316 bits per heavy atom. The first-order valence-electron chi connectivity index (χ1n) is 24.3. The van der Waals surface area contributed by atoms with E-state index in [1.54, 1.807) is 42.0 Å². The van der Waals surface area contributed by atoms with Crippen LogP contribution in [0.3, 0.4) is 0 Å². The summed E-state index contributed by atoms with van der Waals surface area (Å²) in [7, 11) is 25.5. The van der Waals surface area contributed by atoms with Crippen molar-refractivity contribution in [3.63, 3.8) is 0 Å². The van der Waals surface area contributed by atoms with Gasteiger partial charge < -0.3 is 15.3 Å². The number of rotatable bonds is 9. The largest absolute Gasteiger partial charge is 0.377 e. The molecule has 0 saturated heterocycles. The number of aliphatic hydroxyl groups is 3. The third-order valence-electron chi connectivity index (χ3n) is 12.7. The summed E-state index contributed by atoms with van der Waals surface area (Å²) < 4.78 is 52.0. The Balaban J connectivity index is 0.000000241. The van der Waals surface area contributed by atoms with Gasteiger partial charge in [0, 0.05) is 46.9 Å². The molecule has 0 saturated carbocycles. The Kier molecular flexibility index (Phi) is 26.1. The van der Waals surface area contributed by atoms with Crippen LogP contribution in [0.15, 0.2) is 146 Å².